The lowest BCUT2D eigenvalue weighted by atomic mass is 10.1. The molecule has 0 saturated carbocycles. The van der Waals surface area contributed by atoms with E-state index in [-0.39, 0.29) is 31.3 Å². The highest BCUT2D eigenvalue weighted by Crippen LogP contribution is 2.38. The van der Waals surface area contributed by atoms with Crippen LogP contribution in [0.3, 0.4) is 0 Å². The molecule has 0 aromatic carbocycles. The molecular formula is C26H39F3N6O7Si. The Morgan fingerprint density at radius 3 is 2.58 bits per heavy atom. The number of Topliss-reactive ketones (excluding diaryl/α,β-unsaturated/α-hetero) is 1. The van der Waals surface area contributed by atoms with Gasteiger partial charge in [0.15, 0.2) is 31.5 Å². The van der Waals surface area contributed by atoms with Gasteiger partial charge >= 0.3 is 6.18 Å². The molecule has 1 unspecified atom stereocenters. The van der Waals surface area contributed by atoms with Crippen LogP contribution in [0.25, 0.3) is 11.2 Å². The number of aliphatic hydroxyl groups excluding tert-OH is 1. The van der Waals surface area contributed by atoms with E-state index in [2.05, 4.69) is 30.7 Å². The van der Waals surface area contributed by atoms with Gasteiger partial charge in [-0.25, -0.2) is 15.0 Å². The average Bonchev–Trinajstić information content (AvgIpc) is 3.50. The summed E-state index contributed by atoms with van der Waals surface area (Å²) in [5.74, 6) is -2.45. The second-order valence-electron chi connectivity index (χ2n) is 11.1. The van der Waals surface area contributed by atoms with Gasteiger partial charge in [-0.05, 0) is 45.3 Å². The summed E-state index contributed by atoms with van der Waals surface area (Å²) < 4.78 is 65.0. The second kappa shape index (κ2) is 15.1. The van der Waals surface area contributed by atoms with Crippen molar-refractivity contribution in [2.24, 2.45) is 0 Å². The molecule has 2 amide bonds. The maximum atomic E-state index is 12.6. The Morgan fingerprint density at radius 1 is 1.14 bits per heavy atom. The van der Waals surface area contributed by atoms with Crippen LogP contribution in [0.15, 0.2) is 12.7 Å². The molecule has 1 aliphatic rings. The van der Waals surface area contributed by atoms with Crippen LogP contribution < -0.4 is 10.6 Å². The van der Waals surface area contributed by atoms with E-state index < -0.39 is 63.8 Å². The van der Waals surface area contributed by atoms with Crippen LogP contribution in [0.4, 0.5) is 19.0 Å². The molecule has 1 fully saturated rings. The summed E-state index contributed by atoms with van der Waals surface area (Å²) in [6.45, 7) is 7.39. The minimum atomic E-state index is -4.91. The second-order valence-corrected chi connectivity index (χ2v) is 15.6. The van der Waals surface area contributed by atoms with Crippen LogP contribution in [0.2, 0.25) is 19.6 Å². The Labute approximate surface area is 249 Å². The van der Waals surface area contributed by atoms with Gasteiger partial charge in [-0.1, -0.05) is 6.92 Å². The van der Waals surface area contributed by atoms with E-state index in [4.69, 9.17) is 15.3 Å². The number of aromatic nitrogens is 4. The van der Waals surface area contributed by atoms with Crippen LogP contribution in [-0.4, -0.2) is 96.2 Å². The molecule has 0 bridgehead atoms. The molecule has 1 saturated heterocycles. The number of carbonyl (C=O) groups is 3. The third kappa shape index (κ3) is 9.75. The minimum absolute atomic E-state index is 0.144. The van der Waals surface area contributed by atoms with Crippen molar-refractivity contribution in [1.29, 1.82) is 1.43 Å². The van der Waals surface area contributed by atoms with E-state index in [9.17, 15) is 27.6 Å². The fourth-order valence-corrected chi connectivity index (χ4v) is 5.67. The van der Waals surface area contributed by atoms with Crippen LogP contribution in [-0.2, 0) is 28.3 Å². The largest absolute Gasteiger partial charge is 0.449 e. The zero-order chi connectivity index (χ0) is 32.5. The summed E-state index contributed by atoms with van der Waals surface area (Å²) in [4.78, 5) is 48.8. The SMILES string of the molecule is [3H]OCCC[C@H]1O[C@@H](n2cnc3c(NC(=O)CCC)ncnc32)[C@@H](OCC(=O)NCCCC(=O)C(F)(F)F)C1O[Si](C)(C)C. The summed E-state index contributed by atoms with van der Waals surface area (Å²) in [6.07, 6.45) is -4.11. The first-order chi connectivity index (χ1) is 20.7. The number of halogens is 3. The molecule has 3 heterocycles. The molecule has 3 N–H and O–H groups in total. The summed E-state index contributed by atoms with van der Waals surface area (Å²) in [6, 6.07) is 0. The maximum Gasteiger partial charge on any atom is 0.449 e. The lowest BCUT2D eigenvalue weighted by Gasteiger charge is -2.30. The zero-order valence-electron chi connectivity index (χ0n) is 25.6. The Hall–Kier alpha value is -2.99. The first kappa shape index (κ1) is 32.9. The highest BCUT2D eigenvalue weighted by Gasteiger charge is 2.49. The molecule has 4 atom stereocenters. The standard InChI is InChI=1S/C26H39F3N6O7Si/c1-5-8-18(38)34-23-20-24(32-14-31-23)35(15-33-20)25-22(21(42-43(2,3)4)16(41-25)9-7-12-36)40-13-19(39)30-11-6-10-17(37)26(27,28)29/h14-16,21-22,25,36H,5-13H2,1-4H3,(H,30,39)(H,31,32,34,38)/t16-,21?,22+,25-/m1/s1/i36T. The van der Waals surface area contributed by atoms with Crippen LogP contribution >= 0.6 is 0 Å². The quantitative estimate of drug-likeness (QED) is 0.174. The van der Waals surface area contributed by atoms with Crippen LogP contribution in [0.1, 0.15) is 51.7 Å². The number of hydrogen-bond donors (Lipinski definition) is 3. The number of imidazole rings is 1. The molecule has 13 nitrogen and oxygen atoms in total. The number of ether oxygens (including phenoxy) is 2. The van der Waals surface area contributed by atoms with Gasteiger partial charge in [0.05, 0.1) is 12.4 Å². The summed E-state index contributed by atoms with van der Waals surface area (Å²) >= 11 is 0. The Kier molecular flexibility index (Phi) is 11.6. The molecule has 3 rings (SSSR count). The smallest absolute Gasteiger partial charge is 0.409 e. The molecule has 0 aliphatic carbocycles. The van der Waals surface area contributed by atoms with Crippen molar-refractivity contribution in [3.8, 4) is 0 Å². The fraction of sp³-hybridized carbons (Fsp3) is 0.692. The first-order valence-corrected chi connectivity index (χ1v) is 17.5. The topological polar surface area (TPSA) is 167 Å². The highest BCUT2D eigenvalue weighted by molar-refractivity contribution is 6.69. The van der Waals surface area contributed by atoms with Crippen molar-refractivity contribution in [1.82, 2.24) is 24.8 Å². The van der Waals surface area contributed by atoms with Crippen molar-refractivity contribution >= 4 is 42.9 Å². The molecule has 2 aromatic heterocycles. The van der Waals surface area contributed by atoms with Crippen molar-refractivity contribution in [3.63, 3.8) is 0 Å². The summed E-state index contributed by atoms with van der Waals surface area (Å²) in [7, 11) is -2.22. The zero-order valence-corrected chi connectivity index (χ0v) is 25.6. The number of rotatable bonds is 17. The molecular weight excluding hydrogens is 593 g/mol. The number of hydrogen-bond acceptors (Lipinski definition) is 10. The molecule has 0 radical (unpaired) electrons. The number of aliphatic hydroxyl groups is 1. The third-order valence-electron chi connectivity index (χ3n) is 6.40. The lowest BCUT2D eigenvalue weighted by Crippen LogP contribution is -2.45. The van der Waals surface area contributed by atoms with Crippen LogP contribution in [0.5, 0.6) is 0 Å². The van der Waals surface area contributed by atoms with E-state index >= 15 is 0 Å². The number of nitrogens with zero attached hydrogens (tertiary/aromatic N) is 4. The maximum absolute atomic E-state index is 12.6. The fourth-order valence-electron chi connectivity index (χ4n) is 4.57. The summed E-state index contributed by atoms with van der Waals surface area (Å²) in [5, 5.41) is 9.68. The predicted molar refractivity (Wildman–Crippen MR) is 150 cm³/mol. The van der Waals surface area contributed by atoms with Gasteiger partial charge in [0.1, 0.15) is 25.1 Å². The minimum Gasteiger partial charge on any atom is -0.409 e. The van der Waals surface area contributed by atoms with Gasteiger partial charge in [-0.2, -0.15) is 13.2 Å². The van der Waals surface area contributed by atoms with Gasteiger partial charge in [0.2, 0.25) is 19.0 Å². The molecule has 2 aromatic rings. The number of fused-ring (bicyclic) bond motifs is 1. The van der Waals surface area contributed by atoms with Gasteiger partial charge in [-0.3, -0.25) is 19.0 Å². The van der Waals surface area contributed by atoms with E-state index in [0.717, 1.165) is 0 Å². The monoisotopic (exact) mass is 634 g/mol. The summed E-state index contributed by atoms with van der Waals surface area (Å²) in [5.41, 5.74) is 0.658. The van der Waals surface area contributed by atoms with Gasteiger partial charge in [-0.15, -0.1) is 0 Å². The number of alkyl halides is 3. The number of anilines is 1. The van der Waals surface area contributed by atoms with E-state index in [1.807, 2.05) is 26.6 Å². The van der Waals surface area contributed by atoms with Crippen molar-refractivity contribution in [2.75, 3.05) is 25.1 Å². The van der Waals surface area contributed by atoms with Gasteiger partial charge in [0.25, 0.3) is 0 Å². The number of ketones is 1. The number of amides is 2. The van der Waals surface area contributed by atoms with Crippen molar-refractivity contribution in [3.05, 3.63) is 12.7 Å². The molecule has 0 spiro atoms. The Morgan fingerprint density at radius 2 is 1.91 bits per heavy atom. The van der Waals surface area contributed by atoms with E-state index in [1.54, 1.807) is 4.57 Å². The predicted octanol–water partition coefficient (Wildman–Crippen LogP) is 2.87. The van der Waals surface area contributed by atoms with E-state index in [1.165, 1.54) is 12.7 Å². The Balaban J connectivity index is 1.84. The molecule has 1 aliphatic heterocycles. The average molecular weight is 635 g/mol. The van der Waals surface area contributed by atoms with Crippen LogP contribution in [0, 0.1) is 0 Å². The molecule has 17 heteroatoms. The normalized spacial score (nSPS) is 21.1. The van der Waals surface area contributed by atoms with Crippen molar-refractivity contribution < 1.29 is 46.6 Å². The molecule has 43 heavy (non-hydrogen) atoms. The molecule has 240 valence electrons. The number of nitrogens with one attached hydrogen (secondary N) is 2. The third-order valence-corrected chi connectivity index (χ3v) is 7.38. The van der Waals surface area contributed by atoms with Gasteiger partial charge < -0.3 is 29.6 Å². The lowest BCUT2D eigenvalue weighted by molar-refractivity contribution is -0.171. The van der Waals surface area contributed by atoms with Gasteiger partial charge in [0, 0.05) is 26.0 Å². The number of carbonyl (C=O) groups excluding carboxylic acids is 3. The van der Waals surface area contributed by atoms with Crippen molar-refractivity contribution in [2.45, 2.75) is 95.8 Å². The first-order valence-electron chi connectivity index (χ1n) is 14.5. The van der Waals surface area contributed by atoms with E-state index in [0.29, 0.717) is 36.8 Å². The Bertz CT molecular complexity index is 1280. The highest BCUT2D eigenvalue weighted by atomic mass is 28.4.